The van der Waals surface area contributed by atoms with Gasteiger partial charge in [-0.2, -0.15) is 0 Å². The van der Waals surface area contributed by atoms with E-state index in [0.29, 0.717) is 6.54 Å². The van der Waals surface area contributed by atoms with Crippen molar-refractivity contribution in [2.45, 2.75) is 25.4 Å². The third kappa shape index (κ3) is 3.18. The van der Waals surface area contributed by atoms with Crippen LogP contribution in [0.5, 0.6) is 0 Å². The molecule has 1 aliphatic heterocycles. The zero-order valence-electron chi connectivity index (χ0n) is 10.9. The van der Waals surface area contributed by atoms with E-state index in [1.54, 1.807) is 0 Å². The molecule has 1 aromatic rings. The number of nitrogens with zero attached hydrogens (tertiary/aromatic N) is 1. The number of carbonyl (C=O) groups excluding carboxylic acids is 1. The first-order valence-electron chi connectivity index (χ1n) is 6.57. The van der Waals surface area contributed by atoms with Crippen LogP contribution in [-0.4, -0.2) is 35.9 Å². The van der Waals surface area contributed by atoms with Crippen LogP contribution in [0.2, 0.25) is 0 Å². The van der Waals surface area contributed by atoms with E-state index in [9.17, 15) is 9.90 Å². The maximum atomic E-state index is 10.9. The smallest absolute Gasteiger partial charge is 0.124 e. The molecule has 3 nitrogen and oxygen atoms in total. The van der Waals surface area contributed by atoms with Crippen molar-refractivity contribution >= 4 is 6.29 Å². The lowest BCUT2D eigenvalue weighted by Gasteiger charge is -2.36. The Bertz CT molecular complexity index is 389. The summed E-state index contributed by atoms with van der Waals surface area (Å²) in [6, 6.07) is 9.72. The summed E-state index contributed by atoms with van der Waals surface area (Å²) in [4.78, 5) is 13.0. The van der Waals surface area contributed by atoms with Gasteiger partial charge in [-0.05, 0) is 31.9 Å². The van der Waals surface area contributed by atoms with Gasteiger partial charge in [0.05, 0.1) is 5.60 Å². The molecule has 1 saturated heterocycles. The Kier molecular flexibility index (Phi) is 4.15. The third-order valence-electron chi connectivity index (χ3n) is 3.66. The fourth-order valence-corrected chi connectivity index (χ4v) is 2.67. The monoisotopic (exact) mass is 247 g/mol. The molecule has 98 valence electrons. The summed E-state index contributed by atoms with van der Waals surface area (Å²) in [5, 5.41) is 10.6. The van der Waals surface area contributed by atoms with Gasteiger partial charge >= 0.3 is 0 Å². The maximum absolute atomic E-state index is 10.9. The van der Waals surface area contributed by atoms with Crippen molar-refractivity contribution in [1.82, 2.24) is 4.90 Å². The summed E-state index contributed by atoms with van der Waals surface area (Å²) in [5.74, 6) is 0.130. The standard InChI is InChI=1S/C15H21NO2/c1-15(18,14-7-3-2-4-8-14)12-16-9-5-6-13(10-16)11-17/h2-4,7-8,11,13,18H,5-6,9-10,12H2,1H3. The number of β-amino-alcohol motifs (C(OH)–C–C–N with tert-alkyl or cyclic N) is 1. The van der Waals surface area contributed by atoms with E-state index in [4.69, 9.17) is 0 Å². The first kappa shape index (κ1) is 13.2. The number of likely N-dealkylation sites (tertiary alicyclic amines) is 1. The van der Waals surface area contributed by atoms with Crippen LogP contribution >= 0.6 is 0 Å². The number of piperidine rings is 1. The van der Waals surface area contributed by atoms with Crippen molar-refractivity contribution in [3.05, 3.63) is 35.9 Å². The number of carbonyl (C=O) groups is 1. The fraction of sp³-hybridized carbons (Fsp3) is 0.533. The number of hydrogen-bond donors (Lipinski definition) is 1. The molecule has 0 aromatic heterocycles. The SMILES string of the molecule is CC(O)(CN1CCCC(C=O)C1)c1ccccc1. The first-order valence-corrected chi connectivity index (χ1v) is 6.57. The van der Waals surface area contributed by atoms with E-state index in [0.717, 1.165) is 37.8 Å². The Labute approximate surface area is 108 Å². The molecule has 0 saturated carbocycles. The van der Waals surface area contributed by atoms with Crippen molar-refractivity contribution in [2.75, 3.05) is 19.6 Å². The van der Waals surface area contributed by atoms with Crippen LogP contribution < -0.4 is 0 Å². The molecule has 0 bridgehead atoms. The molecule has 18 heavy (non-hydrogen) atoms. The molecule has 0 aliphatic carbocycles. The topological polar surface area (TPSA) is 40.5 Å². The van der Waals surface area contributed by atoms with Crippen LogP contribution in [0.1, 0.15) is 25.3 Å². The lowest BCUT2D eigenvalue weighted by atomic mass is 9.93. The first-order chi connectivity index (χ1) is 8.62. The summed E-state index contributed by atoms with van der Waals surface area (Å²) in [5.41, 5.74) is 0.0738. The van der Waals surface area contributed by atoms with Gasteiger partial charge < -0.3 is 9.90 Å². The van der Waals surface area contributed by atoms with Gasteiger partial charge in [0.2, 0.25) is 0 Å². The highest BCUT2D eigenvalue weighted by Crippen LogP contribution is 2.24. The van der Waals surface area contributed by atoms with Gasteiger partial charge in [-0.1, -0.05) is 30.3 Å². The number of aliphatic hydroxyl groups is 1. The molecule has 1 heterocycles. The van der Waals surface area contributed by atoms with Gasteiger partial charge in [0.25, 0.3) is 0 Å². The van der Waals surface area contributed by atoms with Crippen molar-refractivity contribution < 1.29 is 9.90 Å². The van der Waals surface area contributed by atoms with E-state index in [-0.39, 0.29) is 5.92 Å². The summed E-state index contributed by atoms with van der Waals surface area (Å²) in [7, 11) is 0. The zero-order valence-corrected chi connectivity index (χ0v) is 10.9. The van der Waals surface area contributed by atoms with E-state index in [1.165, 1.54) is 0 Å². The quantitative estimate of drug-likeness (QED) is 0.825. The highest BCUT2D eigenvalue weighted by molar-refractivity contribution is 5.53. The van der Waals surface area contributed by atoms with Gasteiger partial charge in [-0.15, -0.1) is 0 Å². The molecule has 3 heteroatoms. The average Bonchev–Trinajstić information content (AvgIpc) is 2.39. The largest absolute Gasteiger partial charge is 0.384 e. The van der Waals surface area contributed by atoms with Crippen molar-refractivity contribution in [3.63, 3.8) is 0 Å². The van der Waals surface area contributed by atoms with Crippen LogP contribution in [0.15, 0.2) is 30.3 Å². The molecule has 1 fully saturated rings. The highest BCUT2D eigenvalue weighted by atomic mass is 16.3. The Balaban J connectivity index is 2.01. The summed E-state index contributed by atoms with van der Waals surface area (Å²) < 4.78 is 0. The Morgan fingerprint density at radius 1 is 1.44 bits per heavy atom. The third-order valence-corrected chi connectivity index (χ3v) is 3.66. The molecule has 2 unspecified atom stereocenters. The summed E-state index contributed by atoms with van der Waals surface area (Å²) >= 11 is 0. The van der Waals surface area contributed by atoms with E-state index in [2.05, 4.69) is 4.90 Å². The van der Waals surface area contributed by atoms with Crippen molar-refractivity contribution in [1.29, 1.82) is 0 Å². The van der Waals surface area contributed by atoms with Crippen molar-refractivity contribution in [2.24, 2.45) is 5.92 Å². The van der Waals surface area contributed by atoms with E-state index >= 15 is 0 Å². The highest BCUT2D eigenvalue weighted by Gasteiger charge is 2.28. The number of hydrogen-bond acceptors (Lipinski definition) is 3. The Hall–Kier alpha value is -1.19. The van der Waals surface area contributed by atoms with Crippen LogP contribution in [0, 0.1) is 5.92 Å². The molecular formula is C15H21NO2. The van der Waals surface area contributed by atoms with E-state index < -0.39 is 5.60 Å². The lowest BCUT2D eigenvalue weighted by molar-refractivity contribution is -0.113. The average molecular weight is 247 g/mol. The molecule has 0 spiro atoms. The maximum Gasteiger partial charge on any atom is 0.124 e. The minimum Gasteiger partial charge on any atom is -0.384 e. The molecule has 2 atom stereocenters. The number of aldehydes is 1. The molecule has 2 rings (SSSR count). The van der Waals surface area contributed by atoms with Gasteiger partial charge in [-0.25, -0.2) is 0 Å². The molecular weight excluding hydrogens is 226 g/mol. The van der Waals surface area contributed by atoms with Gasteiger partial charge in [0.1, 0.15) is 6.29 Å². The fourth-order valence-electron chi connectivity index (χ4n) is 2.67. The second-order valence-corrected chi connectivity index (χ2v) is 5.41. The predicted octanol–water partition coefficient (Wildman–Crippen LogP) is 1.80. The summed E-state index contributed by atoms with van der Waals surface area (Å²) in [6.45, 7) is 4.16. The molecule has 1 aromatic carbocycles. The molecule has 1 N–H and O–H groups in total. The summed E-state index contributed by atoms with van der Waals surface area (Å²) in [6.07, 6.45) is 3.06. The molecule has 1 aliphatic rings. The Morgan fingerprint density at radius 3 is 2.83 bits per heavy atom. The zero-order chi connectivity index (χ0) is 13.0. The van der Waals surface area contributed by atoms with Gasteiger partial charge in [0.15, 0.2) is 0 Å². The molecule has 0 amide bonds. The van der Waals surface area contributed by atoms with Crippen molar-refractivity contribution in [3.8, 4) is 0 Å². The van der Waals surface area contributed by atoms with Gasteiger partial charge in [-0.3, -0.25) is 4.90 Å². The normalized spacial score (nSPS) is 24.4. The number of benzene rings is 1. The van der Waals surface area contributed by atoms with Crippen LogP contribution in [0.4, 0.5) is 0 Å². The minimum atomic E-state index is -0.855. The van der Waals surface area contributed by atoms with E-state index in [1.807, 2.05) is 37.3 Å². The van der Waals surface area contributed by atoms with Crippen LogP contribution in [-0.2, 0) is 10.4 Å². The van der Waals surface area contributed by atoms with Crippen LogP contribution in [0.3, 0.4) is 0 Å². The van der Waals surface area contributed by atoms with Gasteiger partial charge in [0, 0.05) is 19.0 Å². The lowest BCUT2D eigenvalue weighted by Crippen LogP contribution is -2.44. The minimum absolute atomic E-state index is 0.130. The number of rotatable bonds is 4. The second-order valence-electron chi connectivity index (χ2n) is 5.41. The predicted molar refractivity (Wildman–Crippen MR) is 71.2 cm³/mol. The van der Waals surface area contributed by atoms with Crippen LogP contribution in [0.25, 0.3) is 0 Å². The second kappa shape index (κ2) is 5.63. The molecule has 0 radical (unpaired) electrons. The Morgan fingerprint density at radius 2 is 2.17 bits per heavy atom.